The van der Waals surface area contributed by atoms with E-state index in [2.05, 4.69) is 12.2 Å². The summed E-state index contributed by atoms with van der Waals surface area (Å²) in [4.78, 5) is 0. The summed E-state index contributed by atoms with van der Waals surface area (Å²) < 4.78 is 13.1. The topological polar surface area (TPSA) is 32.3 Å². The zero-order valence-corrected chi connectivity index (χ0v) is 12.6. The highest BCUT2D eigenvalue weighted by Crippen LogP contribution is 2.28. The van der Waals surface area contributed by atoms with E-state index in [0.717, 1.165) is 36.1 Å². The molecule has 1 unspecified atom stereocenters. The predicted octanol–water partition coefficient (Wildman–Crippen LogP) is 5.18. The van der Waals surface area contributed by atoms with Crippen molar-refractivity contribution in [2.75, 3.05) is 5.32 Å². The highest BCUT2D eigenvalue weighted by atomic mass is 19.1. The molecule has 2 aromatic rings. The third-order valence-electron chi connectivity index (χ3n) is 3.67. The number of phenolic OH excluding ortho intramolecular Hbond substituents is 1. The van der Waals surface area contributed by atoms with E-state index in [1.807, 2.05) is 31.2 Å². The molecule has 21 heavy (non-hydrogen) atoms. The van der Waals surface area contributed by atoms with Gasteiger partial charge < -0.3 is 10.4 Å². The summed E-state index contributed by atoms with van der Waals surface area (Å²) in [6.07, 6.45) is 3.17. The maximum atomic E-state index is 13.1. The molecule has 0 bridgehead atoms. The molecule has 0 aliphatic heterocycles. The van der Waals surface area contributed by atoms with Crippen LogP contribution in [-0.2, 0) is 0 Å². The van der Waals surface area contributed by atoms with Gasteiger partial charge in [-0.25, -0.2) is 4.39 Å². The van der Waals surface area contributed by atoms with Gasteiger partial charge in [-0.3, -0.25) is 0 Å². The Labute approximate surface area is 125 Å². The van der Waals surface area contributed by atoms with Crippen molar-refractivity contribution in [3.8, 4) is 5.75 Å². The van der Waals surface area contributed by atoms with E-state index in [9.17, 15) is 9.50 Å². The SMILES string of the molecule is CCCCC(Nc1ccc(C)c(O)c1)c1ccc(F)cc1. The molecule has 2 aromatic carbocycles. The van der Waals surface area contributed by atoms with E-state index in [0.29, 0.717) is 0 Å². The number of rotatable bonds is 6. The van der Waals surface area contributed by atoms with Crippen LogP contribution in [0.25, 0.3) is 0 Å². The van der Waals surface area contributed by atoms with Crippen molar-refractivity contribution in [2.24, 2.45) is 0 Å². The molecule has 2 nitrogen and oxygen atoms in total. The molecule has 0 amide bonds. The number of phenols is 1. The summed E-state index contributed by atoms with van der Waals surface area (Å²) in [7, 11) is 0. The van der Waals surface area contributed by atoms with Crippen molar-refractivity contribution in [3.05, 3.63) is 59.4 Å². The van der Waals surface area contributed by atoms with Crippen molar-refractivity contribution < 1.29 is 9.50 Å². The number of hydrogen-bond donors (Lipinski definition) is 2. The normalized spacial score (nSPS) is 12.1. The maximum absolute atomic E-state index is 13.1. The maximum Gasteiger partial charge on any atom is 0.123 e. The fourth-order valence-corrected chi connectivity index (χ4v) is 2.33. The van der Waals surface area contributed by atoms with E-state index in [1.165, 1.54) is 12.1 Å². The Morgan fingerprint density at radius 1 is 1.14 bits per heavy atom. The largest absolute Gasteiger partial charge is 0.508 e. The molecule has 1 atom stereocenters. The second kappa shape index (κ2) is 7.11. The average Bonchev–Trinajstić information content (AvgIpc) is 2.48. The van der Waals surface area contributed by atoms with Gasteiger partial charge in [0.1, 0.15) is 11.6 Å². The Balaban J connectivity index is 2.19. The minimum atomic E-state index is -0.221. The average molecular weight is 287 g/mol. The van der Waals surface area contributed by atoms with Gasteiger partial charge in [0.15, 0.2) is 0 Å². The first-order valence-electron chi connectivity index (χ1n) is 7.41. The molecular formula is C18H22FNO. The molecule has 2 N–H and O–H groups in total. The zero-order valence-electron chi connectivity index (χ0n) is 12.6. The molecule has 112 valence electrons. The third kappa shape index (κ3) is 4.22. The molecule has 0 aromatic heterocycles. The minimum Gasteiger partial charge on any atom is -0.508 e. The number of anilines is 1. The highest BCUT2D eigenvalue weighted by molar-refractivity contribution is 5.52. The number of benzene rings is 2. The Morgan fingerprint density at radius 3 is 2.48 bits per heavy atom. The van der Waals surface area contributed by atoms with Crippen LogP contribution in [-0.4, -0.2) is 5.11 Å². The van der Waals surface area contributed by atoms with Crippen LogP contribution in [0.3, 0.4) is 0 Å². The van der Waals surface area contributed by atoms with Gasteiger partial charge in [0.25, 0.3) is 0 Å². The summed E-state index contributed by atoms with van der Waals surface area (Å²) in [6, 6.07) is 12.3. The van der Waals surface area contributed by atoms with Crippen LogP contribution in [0.4, 0.5) is 10.1 Å². The monoisotopic (exact) mass is 287 g/mol. The van der Waals surface area contributed by atoms with E-state index in [1.54, 1.807) is 6.07 Å². The molecule has 0 fully saturated rings. The molecule has 3 heteroatoms. The number of aromatic hydroxyl groups is 1. The van der Waals surface area contributed by atoms with Crippen LogP contribution in [0.5, 0.6) is 5.75 Å². The lowest BCUT2D eigenvalue weighted by molar-refractivity contribution is 0.471. The fourth-order valence-electron chi connectivity index (χ4n) is 2.33. The Morgan fingerprint density at radius 2 is 1.86 bits per heavy atom. The minimum absolute atomic E-state index is 0.118. The van der Waals surface area contributed by atoms with Crippen LogP contribution in [0.15, 0.2) is 42.5 Å². The Bertz CT molecular complexity index is 580. The van der Waals surface area contributed by atoms with E-state index < -0.39 is 0 Å². The zero-order chi connectivity index (χ0) is 15.2. The standard InChI is InChI=1S/C18H22FNO/c1-3-4-5-17(14-7-9-15(19)10-8-14)20-16-11-6-13(2)18(21)12-16/h6-12,17,20-21H,3-5H2,1-2H3. The van der Waals surface area contributed by atoms with Crippen LogP contribution in [0.1, 0.15) is 43.4 Å². The number of nitrogens with one attached hydrogen (secondary N) is 1. The first kappa shape index (κ1) is 15.4. The molecular weight excluding hydrogens is 265 g/mol. The van der Waals surface area contributed by atoms with Crippen LogP contribution < -0.4 is 5.32 Å². The summed E-state index contributed by atoms with van der Waals surface area (Å²) in [6.45, 7) is 4.02. The van der Waals surface area contributed by atoms with E-state index in [-0.39, 0.29) is 17.6 Å². The van der Waals surface area contributed by atoms with Crippen molar-refractivity contribution in [1.82, 2.24) is 0 Å². The van der Waals surface area contributed by atoms with Gasteiger partial charge in [0.2, 0.25) is 0 Å². The number of halogens is 1. The van der Waals surface area contributed by atoms with Crippen LogP contribution in [0, 0.1) is 12.7 Å². The van der Waals surface area contributed by atoms with Gasteiger partial charge in [0, 0.05) is 11.8 Å². The van der Waals surface area contributed by atoms with Gasteiger partial charge in [-0.1, -0.05) is 38.0 Å². The fraction of sp³-hybridized carbons (Fsp3) is 0.333. The predicted molar refractivity (Wildman–Crippen MR) is 85.1 cm³/mol. The van der Waals surface area contributed by atoms with Crippen molar-refractivity contribution in [3.63, 3.8) is 0 Å². The highest BCUT2D eigenvalue weighted by Gasteiger charge is 2.11. The van der Waals surface area contributed by atoms with Gasteiger partial charge in [0.05, 0.1) is 6.04 Å². The third-order valence-corrected chi connectivity index (χ3v) is 3.67. The summed E-state index contributed by atoms with van der Waals surface area (Å²) in [5.74, 6) is 0.0642. The van der Waals surface area contributed by atoms with E-state index >= 15 is 0 Å². The lowest BCUT2D eigenvalue weighted by atomic mass is 10.0. The number of aryl methyl sites for hydroxylation is 1. The molecule has 0 radical (unpaired) electrons. The molecule has 0 spiro atoms. The summed E-state index contributed by atoms with van der Waals surface area (Å²) in [5.41, 5.74) is 2.79. The summed E-state index contributed by atoms with van der Waals surface area (Å²) in [5, 5.41) is 13.2. The second-order valence-corrected chi connectivity index (χ2v) is 5.39. The smallest absolute Gasteiger partial charge is 0.123 e. The Kier molecular flexibility index (Phi) is 5.20. The molecule has 2 rings (SSSR count). The molecule has 0 saturated carbocycles. The summed E-state index contributed by atoms with van der Waals surface area (Å²) >= 11 is 0. The second-order valence-electron chi connectivity index (χ2n) is 5.39. The van der Waals surface area contributed by atoms with Crippen LogP contribution in [0.2, 0.25) is 0 Å². The van der Waals surface area contributed by atoms with Crippen molar-refractivity contribution in [1.29, 1.82) is 0 Å². The van der Waals surface area contributed by atoms with Gasteiger partial charge in [-0.15, -0.1) is 0 Å². The molecule has 0 saturated heterocycles. The van der Waals surface area contributed by atoms with Crippen molar-refractivity contribution >= 4 is 5.69 Å². The van der Waals surface area contributed by atoms with Crippen molar-refractivity contribution in [2.45, 2.75) is 39.2 Å². The molecule has 0 aliphatic carbocycles. The van der Waals surface area contributed by atoms with Gasteiger partial charge in [-0.2, -0.15) is 0 Å². The van der Waals surface area contributed by atoms with E-state index in [4.69, 9.17) is 0 Å². The van der Waals surface area contributed by atoms with Gasteiger partial charge in [-0.05, 0) is 42.7 Å². The number of unbranched alkanes of at least 4 members (excludes halogenated alkanes) is 1. The Hall–Kier alpha value is -2.03. The molecule has 0 aliphatic rings. The lowest BCUT2D eigenvalue weighted by Crippen LogP contribution is -2.11. The van der Waals surface area contributed by atoms with Crippen LogP contribution >= 0.6 is 0 Å². The number of hydrogen-bond acceptors (Lipinski definition) is 2. The molecule has 0 heterocycles. The first-order valence-corrected chi connectivity index (χ1v) is 7.41. The lowest BCUT2D eigenvalue weighted by Gasteiger charge is -2.21. The quantitative estimate of drug-likeness (QED) is 0.767. The van der Waals surface area contributed by atoms with Gasteiger partial charge >= 0.3 is 0 Å². The first-order chi connectivity index (χ1) is 10.1.